The molecule has 0 saturated carbocycles. The fourth-order valence-electron chi connectivity index (χ4n) is 12.1. The molecule has 0 amide bonds. The number of benzene rings is 5. The first-order chi connectivity index (χ1) is 47.2. The number of alkyl halides is 3. The van der Waals surface area contributed by atoms with E-state index in [9.17, 15) is 36.0 Å². The van der Waals surface area contributed by atoms with Gasteiger partial charge in [-0.25, -0.2) is 14.4 Å². The Morgan fingerprint density at radius 1 is 0.485 bits per heavy atom. The molecule has 3 saturated heterocycles. The number of hydrogen-bond acceptors (Lipinski definition) is 18. The molecule has 25 heteroatoms. The second-order valence-corrected chi connectivity index (χ2v) is 25.3. The first kappa shape index (κ1) is 68.0. The number of aromatic nitrogens is 6. The summed E-state index contributed by atoms with van der Waals surface area (Å²) in [6, 6.07) is 42.8. The Morgan fingerprint density at radius 2 is 0.907 bits per heavy atom. The summed E-state index contributed by atoms with van der Waals surface area (Å²) >= 11 is 0. The van der Waals surface area contributed by atoms with Crippen molar-refractivity contribution in [3.8, 4) is 69.0 Å². The van der Waals surface area contributed by atoms with Gasteiger partial charge in [-0.2, -0.15) is 36.5 Å². The standard InChI is InChI=1S/C27H30N2O4.C27H26N2O4.C18H17F3N2O7S/c2*30-27-28-26(33-19-23-18-31-14-15-32-23)17-25-24-11-10-21(16-22(24)12-13-29(25)27)9-5-4-8-20-6-2-1-3-7-20;19-18(20,21)31(25,26)30-12-1-2-14-11(7-12)3-4-23-15(14)8-16(22-17(23)24)29-10-13-9-27-5-6-28-13/h1-3,6-7,10-11,16-17,23H,4-5,8-9,12-15,18-19H2;1-3,6-7,10-11,16-17,23H,4,8,12-15,18-19H2;1-2,7-8,13H,3-6,9-10H2/t2*23-;13-/m000/s1. The molecule has 3 atom stereocenters. The molecule has 0 bridgehead atoms. The third kappa shape index (κ3) is 17.8. The average molecular weight is 1350 g/mol. The SMILES string of the molecule is O=c1nc(OC[C@@H]2COCCO2)cc2n1CCc1cc(C#CCCc3ccccc3)ccc1-2.O=c1nc(OC[C@@H]2COCCO2)cc2n1CCc1cc(CCCCc3ccccc3)ccc1-2.O=c1nc(OC[C@@H]2COCCO2)cc2n1CCc1cc(OS(=O)(=O)C(F)(F)F)ccc1-2. The van der Waals surface area contributed by atoms with Gasteiger partial charge in [-0.3, -0.25) is 13.7 Å². The lowest BCUT2D eigenvalue weighted by molar-refractivity contribution is -0.102. The lowest BCUT2D eigenvalue weighted by atomic mass is 9.94. The summed E-state index contributed by atoms with van der Waals surface area (Å²) in [5, 5.41) is 0. The number of nitrogens with zero attached hydrogens (tertiary/aromatic N) is 6. The first-order valence-electron chi connectivity index (χ1n) is 32.4. The molecule has 0 unspecified atom stereocenters. The lowest BCUT2D eigenvalue weighted by Crippen LogP contribution is -2.34. The molecule has 0 aliphatic carbocycles. The third-order valence-corrected chi connectivity index (χ3v) is 18.0. The van der Waals surface area contributed by atoms with E-state index in [-0.39, 0.29) is 55.1 Å². The number of aryl methyl sites for hydroxylation is 6. The fourth-order valence-corrected chi connectivity index (χ4v) is 12.5. The predicted octanol–water partition coefficient (Wildman–Crippen LogP) is 8.56. The molecule has 9 heterocycles. The van der Waals surface area contributed by atoms with Gasteiger partial charge in [-0.05, 0) is 115 Å². The second kappa shape index (κ2) is 31.9. The van der Waals surface area contributed by atoms with Crippen LogP contribution < -0.4 is 35.5 Å². The van der Waals surface area contributed by atoms with E-state index in [4.69, 9.17) is 42.6 Å². The molecule has 14 rings (SSSR count). The molecule has 0 N–H and O–H groups in total. The molecule has 0 spiro atoms. The number of rotatable bonds is 18. The van der Waals surface area contributed by atoms with Crippen molar-refractivity contribution in [2.45, 2.75) is 101 Å². The van der Waals surface area contributed by atoms with Crippen LogP contribution in [0.2, 0.25) is 0 Å². The minimum Gasteiger partial charge on any atom is -0.475 e. The zero-order chi connectivity index (χ0) is 67.1. The highest BCUT2D eigenvalue weighted by Gasteiger charge is 2.48. The number of unbranched alkanes of at least 4 members (excludes halogenated alkanes) is 1. The summed E-state index contributed by atoms with van der Waals surface area (Å²) < 4.78 is 119. The van der Waals surface area contributed by atoms with Crippen LogP contribution in [0.4, 0.5) is 13.2 Å². The van der Waals surface area contributed by atoms with Gasteiger partial charge in [0.05, 0.1) is 76.5 Å². The monoisotopic (exact) mass is 1350 g/mol. The summed E-state index contributed by atoms with van der Waals surface area (Å²) in [5.74, 6) is 6.84. The van der Waals surface area contributed by atoms with E-state index >= 15 is 0 Å². The van der Waals surface area contributed by atoms with Gasteiger partial charge in [0.1, 0.15) is 43.9 Å². The van der Waals surface area contributed by atoms with Crippen LogP contribution in [0.25, 0.3) is 33.8 Å². The highest BCUT2D eigenvalue weighted by atomic mass is 32.2. The van der Waals surface area contributed by atoms with Crippen LogP contribution in [0.15, 0.2) is 148 Å². The zero-order valence-electron chi connectivity index (χ0n) is 53.3. The Kier molecular flexibility index (Phi) is 22.4. The van der Waals surface area contributed by atoms with E-state index in [1.165, 1.54) is 63.4 Å². The Balaban J connectivity index is 0.000000139. The first-order valence-corrected chi connectivity index (χ1v) is 33.9. The summed E-state index contributed by atoms with van der Waals surface area (Å²) in [6.45, 7) is 6.84. The number of ether oxygens (including phenoxy) is 9. The highest BCUT2D eigenvalue weighted by Crippen LogP contribution is 2.36. The molecule has 508 valence electrons. The van der Waals surface area contributed by atoms with E-state index in [0.717, 1.165) is 72.7 Å². The average Bonchev–Trinajstić information content (AvgIpc) is 0.789. The van der Waals surface area contributed by atoms with E-state index in [1.807, 2.05) is 30.3 Å². The van der Waals surface area contributed by atoms with Crippen LogP contribution in [0.1, 0.15) is 58.2 Å². The molecular formula is C72H73F3N6O15S. The molecule has 21 nitrogen and oxygen atoms in total. The van der Waals surface area contributed by atoms with Gasteiger partial charge in [0, 0.05) is 66.5 Å². The van der Waals surface area contributed by atoms with Gasteiger partial charge in [-0.1, -0.05) is 96.8 Å². The molecule has 3 fully saturated rings. The Morgan fingerprint density at radius 3 is 1.36 bits per heavy atom. The largest absolute Gasteiger partial charge is 0.534 e. The molecule has 5 aromatic carbocycles. The fraction of sp³-hybridized carbons (Fsp3) is 0.389. The minimum atomic E-state index is -5.78. The van der Waals surface area contributed by atoms with Crippen LogP contribution in [0.5, 0.6) is 23.4 Å². The molecule has 0 radical (unpaired) electrons. The van der Waals surface area contributed by atoms with Crippen LogP contribution in [0, 0.1) is 11.8 Å². The van der Waals surface area contributed by atoms with Gasteiger partial charge in [0.25, 0.3) is 0 Å². The van der Waals surface area contributed by atoms with Gasteiger partial charge in [0.2, 0.25) is 17.6 Å². The smallest absolute Gasteiger partial charge is 0.475 e. The van der Waals surface area contributed by atoms with Gasteiger partial charge >= 0.3 is 32.7 Å². The number of halogens is 3. The lowest BCUT2D eigenvalue weighted by Gasteiger charge is -2.24. The second-order valence-electron chi connectivity index (χ2n) is 23.8. The van der Waals surface area contributed by atoms with Crippen molar-refractivity contribution in [3.05, 3.63) is 204 Å². The Labute approximate surface area is 558 Å². The van der Waals surface area contributed by atoms with Gasteiger partial charge in [-0.15, -0.1) is 0 Å². The maximum Gasteiger partial charge on any atom is 0.534 e. The van der Waals surface area contributed by atoms with Gasteiger partial charge in [0.15, 0.2) is 0 Å². The van der Waals surface area contributed by atoms with E-state index in [0.29, 0.717) is 114 Å². The van der Waals surface area contributed by atoms with Crippen molar-refractivity contribution in [2.24, 2.45) is 0 Å². The van der Waals surface area contributed by atoms with Crippen LogP contribution in [0.3, 0.4) is 0 Å². The molecular weight excluding hydrogens is 1280 g/mol. The Bertz CT molecular complexity index is 4410. The highest BCUT2D eigenvalue weighted by molar-refractivity contribution is 7.88. The molecule has 6 aliphatic heterocycles. The van der Waals surface area contributed by atoms with Crippen LogP contribution in [-0.4, -0.2) is 140 Å². The number of hydrogen-bond donors (Lipinski definition) is 0. The van der Waals surface area contributed by atoms with Crippen molar-refractivity contribution in [2.75, 3.05) is 79.3 Å². The van der Waals surface area contributed by atoms with Crippen molar-refractivity contribution in [1.82, 2.24) is 28.7 Å². The summed E-state index contributed by atoms with van der Waals surface area (Å²) in [5.41, 5.74) is 6.23. The normalized spacial score (nSPS) is 17.6. The van der Waals surface area contributed by atoms with E-state index < -0.39 is 27.1 Å². The molecule has 97 heavy (non-hydrogen) atoms. The van der Waals surface area contributed by atoms with Crippen LogP contribution >= 0.6 is 0 Å². The van der Waals surface area contributed by atoms with Crippen molar-refractivity contribution < 1.29 is 68.4 Å². The van der Waals surface area contributed by atoms with E-state index in [2.05, 4.69) is 110 Å². The molecule has 6 aliphatic rings. The number of fused-ring (bicyclic) bond motifs is 9. The summed E-state index contributed by atoms with van der Waals surface area (Å²) in [4.78, 5) is 49.7. The third-order valence-electron chi connectivity index (χ3n) is 17.0. The molecule has 3 aromatic heterocycles. The maximum atomic E-state index is 12.6. The minimum absolute atomic E-state index is 0.0678. The summed E-state index contributed by atoms with van der Waals surface area (Å²) in [6.07, 6.45) is 7.64. The molecule has 8 aromatic rings. The predicted molar refractivity (Wildman–Crippen MR) is 351 cm³/mol. The maximum absolute atomic E-state index is 12.6. The van der Waals surface area contributed by atoms with E-state index in [1.54, 1.807) is 9.13 Å². The summed E-state index contributed by atoms with van der Waals surface area (Å²) in [7, 11) is -5.78. The van der Waals surface area contributed by atoms with Crippen LogP contribution in [-0.2, 0) is 96.7 Å². The van der Waals surface area contributed by atoms with Crippen molar-refractivity contribution in [1.29, 1.82) is 0 Å². The van der Waals surface area contributed by atoms with Crippen molar-refractivity contribution in [3.63, 3.8) is 0 Å². The topological polar surface area (TPSA) is 231 Å². The Hall–Kier alpha value is -9.00. The van der Waals surface area contributed by atoms with Gasteiger partial charge < -0.3 is 46.8 Å². The zero-order valence-corrected chi connectivity index (χ0v) is 54.1. The quantitative estimate of drug-likeness (QED) is 0.0339. The van der Waals surface area contributed by atoms with Crippen molar-refractivity contribution >= 4 is 10.1 Å².